The maximum Gasteiger partial charge on any atom is 0.229 e. The molecular formula is C14H16Cl2N4O. The van der Waals surface area contributed by atoms with E-state index in [2.05, 4.69) is 20.6 Å². The molecule has 2 rings (SSSR count). The predicted molar refractivity (Wildman–Crippen MR) is 86.8 cm³/mol. The number of benzene rings is 1. The zero-order chi connectivity index (χ0) is 15.1. The molecule has 5 nitrogen and oxygen atoms in total. The summed E-state index contributed by atoms with van der Waals surface area (Å²) >= 11 is 12.2. The number of halogens is 2. The molecule has 0 saturated carbocycles. The third-order valence-electron chi connectivity index (χ3n) is 2.69. The standard InChI is InChI=1S/C14H16Cl2N4O/c1-21-9-3-7-17-12-6-8-18-14(19-12)20-13-10(15)4-2-5-11(13)16/h2,4-6,8H,3,7,9H2,1H3,(H2,17,18,19,20). The van der Waals surface area contributed by atoms with Crippen molar-refractivity contribution >= 4 is 40.7 Å². The van der Waals surface area contributed by atoms with Crippen molar-refractivity contribution in [1.82, 2.24) is 9.97 Å². The highest BCUT2D eigenvalue weighted by Crippen LogP contribution is 2.31. The van der Waals surface area contributed by atoms with Crippen LogP contribution in [0.15, 0.2) is 30.5 Å². The van der Waals surface area contributed by atoms with Crippen molar-refractivity contribution in [3.05, 3.63) is 40.5 Å². The van der Waals surface area contributed by atoms with E-state index in [0.29, 0.717) is 28.3 Å². The summed E-state index contributed by atoms with van der Waals surface area (Å²) in [5, 5.41) is 7.27. The Labute approximate surface area is 133 Å². The molecule has 0 fully saturated rings. The van der Waals surface area contributed by atoms with Gasteiger partial charge in [0.15, 0.2) is 0 Å². The van der Waals surface area contributed by atoms with Crippen LogP contribution < -0.4 is 10.6 Å². The molecule has 0 amide bonds. The second kappa shape index (κ2) is 8.02. The van der Waals surface area contributed by atoms with E-state index >= 15 is 0 Å². The van der Waals surface area contributed by atoms with Gasteiger partial charge in [-0.2, -0.15) is 4.98 Å². The van der Waals surface area contributed by atoms with Gasteiger partial charge in [0.2, 0.25) is 5.95 Å². The molecule has 0 radical (unpaired) electrons. The Balaban J connectivity index is 2.04. The van der Waals surface area contributed by atoms with E-state index < -0.39 is 0 Å². The summed E-state index contributed by atoms with van der Waals surface area (Å²) < 4.78 is 4.99. The Hall–Kier alpha value is -1.56. The van der Waals surface area contributed by atoms with E-state index in [1.165, 1.54) is 0 Å². The van der Waals surface area contributed by atoms with Gasteiger partial charge in [-0.05, 0) is 24.6 Å². The van der Waals surface area contributed by atoms with E-state index in [1.54, 1.807) is 37.6 Å². The summed E-state index contributed by atoms with van der Waals surface area (Å²) in [6.45, 7) is 1.48. The Morgan fingerprint density at radius 1 is 1.19 bits per heavy atom. The molecule has 0 aliphatic rings. The van der Waals surface area contributed by atoms with Crippen molar-refractivity contribution in [1.29, 1.82) is 0 Å². The summed E-state index contributed by atoms with van der Waals surface area (Å²) in [4.78, 5) is 8.51. The first-order valence-electron chi connectivity index (χ1n) is 6.47. The second-order valence-electron chi connectivity index (χ2n) is 4.26. The van der Waals surface area contributed by atoms with E-state index in [1.807, 2.05) is 0 Å². The van der Waals surface area contributed by atoms with Gasteiger partial charge in [0.25, 0.3) is 0 Å². The third kappa shape index (κ3) is 4.74. The van der Waals surface area contributed by atoms with Gasteiger partial charge < -0.3 is 15.4 Å². The Morgan fingerprint density at radius 3 is 2.67 bits per heavy atom. The maximum atomic E-state index is 6.11. The Bertz CT molecular complexity index is 575. The molecule has 0 aliphatic heterocycles. The molecule has 21 heavy (non-hydrogen) atoms. The number of rotatable bonds is 7. The van der Waals surface area contributed by atoms with Gasteiger partial charge in [0.05, 0.1) is 15.7 Å². The minimum Gasteiger partial charge on any atom is -0.385 e. The van der Waals surface area contributed by atoms with Crippen LogP contribution in [0.2, 0.25) is 10.0 Å². The quantitative estimate of drug-likeness (QED) is 0.754. The summed E-state index contributed by atoms with van der Waals surface area (Å²) in [6.07, 6.45) is 2.57. The lowest BCUT2D eigenvalue weighted by atomic mass is 10.3. The minimum atomic E-state index is 0.432. The first-order chi connectivity index (χ1) is 10.2. The van der Waals surface area contributed by atoms with Crippen LogP contribution in [0.5, 0.6) is 0 Å². The molecular weight excluding hydrogens is 311 g/mol. The zero-order valence-corrected chi connectivity index (χ0v) is 13.1. The fourth-order valence-electron chi connectivity index (χ4n) is 1.68. The van der Waals surface area contributed by atoms with Crippen molar-refractivity contribution in [2.75, 3.05) is 30.9 Å². The molecule has 0 bridgehead atoms. The molecule has 2 aromatic rings. The van der Waals surface area contributed by atoms with Crippen LogP contribution in [0.1, 0.15) is 6.42 Å². The molecule has 1 aromatic heterocycles. The lowest BCUT2D eigenvalue weighted by Gasteiger charge is -2.10. The van der Waals surface area contributed by atoms with Gasteiger partial charge in [-0.15, -0.1) is 0 Å². The zero-order valence-electron chi connectivity index (χ0n) is 11.6. The third-order valence-corrected chi connectivity index (χ3v) is 3.32. The number of para-hydroxylation sites is 1. The van der Waals surface area contributed by atoms with Crippen LogP contribution in [0.4, 0.5) is 17.5 Å². The molecule has 2 N–H and O–H groups in total. The number of anilines is 3. The summed E-state index contributed by atoms with van der Waals surface area (Å²) in [5.74, 6) is 1.16. The first-order valence-corrected chi connectivity index (χ1v) is 7.23. The number of nitrogens with zero attached hydrogens (tertiary/aromatic N) is 2. The number of hydrogen-bond acceptors (Lipinski definition) is 5. The maximum absolute atomic E-state index is 6.11. The molecule has 0 atom stereocenters. The average molecular weight is 327 g/mol. The lowest BCUT2D eigenvalue weighted by Crippen LogP contribution is -2.07. The van der Waals surface area contributed by atoms with Gasteiger partial charge in [-0.1, -0.05) is 29.3 Å². The van der Waals surface area contributed by atoms with Gasteiger partial charge >= 0.3 is 0 Å². The lowest BCUT2D eigenvalue weighted by molar-refractivity contribution is 0.198. The van der Waals surface area contributed by atoms with Crippen LogP contribution in [-0.2, 0) is 4.74 Å². The first kappa shape index (κ1) is 15.8. The Kier molecular flexibility index (Phi) is 6.04. The van der Waals surface area contributed by atoms with Crippen LogP contribution in [0.25, 0.3) is 0 Å². The molecule has 7 heteroatoms. The van der Waals surface area contributed by atoms with Crippen LogP contribution in [-0.4, -0.2) is 30.2 Å². The van der Waals surface area contributed by atoms with Gasteiger partial charge in [-0.25, -0.2) is 4.98 Å². The minimum absolute atomic E-state index is 0.432. The SMILES string of the molecule is COCCCNc1ccnc(Nc2c(Cl)cccc2Cl)n1. The number of ether oxygens (including phenoxy) is 1. The summed E-state index contributed by atoms with van der Waals surface area (Å²) in [7, 11) is 1.68. The van der Waals surface area contributed by atoms with E-state index in [0.717, 1.165) is 18.8 Å². The number of methoxy groups -OCH3 is 1. The molecule has 112 valence electrons. The van der Waals surface area contributed by atoms with Crippen molar-refractivity contribution in [3.63, 3.8) is 0 Å². The highest BCUT2D eigenvalue weighted by atomic mass is 35.5. The molecule has 1 heterocycles. The number of aromatic nitrogens is 2. The van der Waals surface area contributed by atoms with Crippen LogP contribution >= 0.6 is 23.2 Å². The average Bonchev–Trinajstić information content (AvgIpc) is 2.48. The van der Waals surface area contributed by atoms with Crippen LogP contribution in [0, 0.1) is 0 Å². The van der Waals surface area contributed by atoms with Gasteiger partial charge in [-0.3, -0.25) is 0 Å². The van der Waals surface area contributed by atoms with Crippen molar-refractivity contribution in [3.8, 4) is 0 Å². The highest BCUT2D eigenvalue weighted by molar-refractivity contribution is 6.39. The molecule has 0 spiro atoms. The van der Waals surface area contributed by atoms with Crippen LogP contribution in [0.3, 0.4) is 0 Å². The fraction of sp³-hybridized carbons (Fsp3) is 0.286. The van der Waals surface area contributed by atoms with Crippen molar-refractivity contribution in [2.45, 2.75) is 6.42 Å². The normalized spacial score (nSPS) is 10.4. The monoisotopic (exact) mass is 326 g/mol. The molecule has 1 aromatic carbocycles. The predicted octanol–water partition coefficient (Wildman–Crippen LogP) is 3.98. The van der Waals surface area contributed by atoms with Gasteiger partial charge in [0, 0.05) is 26.5 Å². The molecule has 0 unspecified atom stereocenters. The molecule has 0 saturated heterocycles. The number of nitrogens with one attached hydrogen (secondary N) is 2. The topological polar surface area (TPSA) is 59.1 Å². The van der Waals surface area contributed by atoms with E-state index in [9.17, 15) is 0 Å². The number of hydrogen-bond donors (Lipinski definition) is 2. The second-order valence-corrected chi connectivity index (χ2v) is 5.07. The highest BCUT2D eigenvalue weighted by Gasteiger charge is 2.07. The largest absolute Gasteiger partial charge is 0.385 e. The summed E-state index contributed by atoms with van der Waals surface area (Å²) in [6, 6.07) is 7.09. The van der Waals surface area contributed by atoms with Gasteiger partial charge in [0.1, 0.15) is 5.82 Å². The van der Waals surface area contributed by atoms with Crippen molar-refractivity contribution in [2.24, 2.45) is 0 Å². The van der Waals surface area contributed by atoms with Crippen molar-refractivity contribution < 1.29 is 4.74 Å². The molecule has 0 aliphatic carbocycles. The Morgan fingerprint density at radius 2 is 1.95 bits per heavy atom. The van der Waals surface area contributed by atoms with E-state index in [-0.39, 0.29) is 0 Å². The smallest absolute Gasteiger partial charge is 0.229 e. The fourth-order valence-corrected chi connectivity index (χ4v) is 2.17. The summed E-state index contributed by atoms with van der Waals surface area (Å²) in [5.41, 5.74) is 0.595. The van der Waals surface area contributed by atoms with E-state index in [4.69, 9.17) is 27.9 Å².